The molecule has 0 spiro atoms. The Morgan fingerprint density at radius 1 is 0.719 bits per heavy atom. The van der Waals surface area contributed by atoms with Gasteiger partial charge in [-0.05, 0) is 61.1 Å². The molecule has 0 saturated carbocycles. The maximum absolute atomic E-state index is 10.6. The molecule has 0 atom stereocenters. The first-order valence-corrected chi connectivity index (χ1v) is 8.46. The molecule has 0 saturated heterocycles. The van der Waals surface area contributed by atoms with Crippen LogP contribution in [0.25, 0.3) is 0 Å². The number of aliphatic carboxylic acids is 3. The average molecular weight is 560 g/mol. The molecule has 0 fully saturated rings. The van der Waals surface area contributed by atoms with Crippen LogP contribution in [0, 0.1) is 5.21 Å². The van der Waals surface area contributed by atoms with Crippen LogP contribution in [-0.2, 0) is 53.3 Å². The fourth-order valence-corrected chi connectivity index (χ4v) is 1.05. The van der Waals surface area contributed by atoms with Crippen molar-refractivity contribution in [3.05, 3.63) is 41.1 Å². The van der Waals surface area contributed by atoms with Crippen molar-refractivity contribution in [2.75, 3.05) is 41.3 Å². The summed E-state index contributed by atoms with van der Waals surface area (Å²) in [5.74, 6) is -3.85. The number of nitrogens with zero attached hydrogens (tertiary/aromatic N) is 2. The number of rotatable bonds is 4. The van der Waals surface area contributed by atoms with Crippen LogP contribution in [0.2, 0.25) is 0 Å². The number of carboxylic acids is 3. The number of hydrogen-bond acceptors (Lipinski definition) is 10. The van der Waals surface area contributed by atoms with Gasteiger partial charge in [0.25, 0.3) is 0 Å². The van der Waals surface area contributed by atoms with E-state index in [-0.39, 0.29) is 39.0 Å². The summed E-state index contributed by atoms with van der Waals surface area (Å²) in [5.41, 5.74) is 1.68. The van der Waals surface area contributed by atoms with Gasteiger partial charge in [0, 0.05) is 36.6 Å². The minimum Gasteiger partial charge on any atom is -0.759 e. The Kier molecular flexibility index (Phi) is 43.2. The predicted molar refractivity (Wildman–Crippen MR) is 106 cm³/mol. The monoisotopic (exact) mass is 557 g/mol. The largest absolute Gasteiger partial charge is 2.00 e. The van der Waals surface area contributed by atoms with Crippen LogP contribution in [0.4, 0.5) is 0 Å². The SMILES string of the molecule is CC(=O)[O-].CC(=O)[O-].CC(=O)[O-].CN(C)CCN(C)C.O=C(N[O-])c1ccccc1.[Zn+2].[Zn+2]. The van der Waals surface area contributed by atoms with Crippen molar-refractivity contribution in [1.29, 1.82) is 0 Å². The van der Waals surface area contributed by atoms with Gasteiger partial charge in [-0.15, -0.1) is 0 Å². The summed E-state index contributed by atoms with van der Waals surface area (Å²) >= 11 is 0. The van der Waals surface area contributed by atoms with E-state index >= 15 is 0 Å². The van der Waals surface area contributed by atoms with Gasteiger partial charge in [0.15, 0.2) is 0 Å². The van der Waals surface area contributed by atoms with E-state index in [1.807, 2.05) is 0 Å². The van der Waals surface area contributed by atoms with Crippen molar-refractivity contribution in [2.45, 2.75) is 20.8 Å². The molecule has 0 aromatic heterocycles. The van der Waals surface area contributed by atoms with E-state index in [4.69, 9.17) is 29.7 Å². The quantitative estimate of drug-likeness (QED) is 0.301. The molecule has 0 aliphatic heterocycles. The Labute approximate surface area is 215 Å². The van der Waals surface area contributed by atoms with E-state index < -0.39 is 23.8 Å². The molecule has 32 heavy (non-hydrogen) atoms. The molecule has 11 nitrogen and oxygen atoms in total. The number of carbonyl (C=O) groups is 4. The summed E-state index contributed by atoms with van der Waals surface area (Å²) in [4.78, 5) is 41.6. The van der Waals surface area contributed by atoms with Crippen LogP contribution in [0.15, 0.2) is 30.3 Å². The van der Waals surface area contributed by atoms with E-state index in [1.54, 1.807) is 30.3 Å². The van der Waals surface area contributed by atoms with E-state index in [1.165, 1.54) is 5.48 Å². The Bertz CT molecular complexity index is 541. The fourth-order valence-electron chi connectivity index (χ4n) is 1.05. The maximum atomic E-state index is 10.6. The molecule has 0 bridgehead atoms. The summed E-state index contributed by atoms with van der Waals surface area (Å²) in [6.45, 7) is 5.21. The summed E-state index contributed by atoms with van der Waals surface area (Å²) in [5, 5.41) is 36.5. The molecule has 13 heteroatoms. The second-order valence-corrected chi connectivity index (χ2v) is 5.88. The fraction of sp³-hybridized carbons (Fsp3) is 0.474. The number of carboxylic acid groups (broad SMARTS) is 3. The normalized spacial score (nSPS) is 7.94. The Morgan fingerprint density at radius 2 is 0.969 bits per heavy atom. The van der Waals surface area contributed by atoms with Crippen molar-refractivity contribution in [3.63, 3.8) is 0 Å². The molecular weight excluding hydrogens is 529 g/mol. The third kappa shape index (κ3) is 70.5. The molecule has 0 aliphatic carbocycles. The Morgan fingerprint density at radius 3 is 1.16 bits per heavy atom. The third-order valence-electron chi connectivity index (χ3n) is 2.12. The molecule has 1 N–H and O–H groups in total. The zero-order chi connectivity index (χ0) is 24.7. The summed E-state index contributed by atoms with van der Waals surface area (Å²) in [6.07, 6.45) is 0. The number of likely N-dealkylation sites (N-methyl/N-ethyl adjacent to an activating group) is 2. The van der Waals surface area contributed by atoms with Gasteiger partial charge in [0.1, 0.15) is 0 Å². The van der Waals surface area contributed by atoms with Gasteiger partial charge in [-0.2, -0.15) is 0 Å². The minimum atomic E-state index is -1.08. The number of hydrogen-bond donors (Lipinski definition) is 1. The molecule has 1 aromatic rings. The third-order valence-corrected chi connectivity index (χ3v) is 2.12. The number of carbonyl (C=O) groups excluding carboxylic acids is 4. The number of benzene rings is 1. The second kappa shape index (κ2) is 31.4. The van der Waals surface area contributed by atoms with E-state index in [0.717, 1.165) is 33.9 Å². The van der Waals surface area contributed by atoms with Gasteiger partial charge in [-0.1, -0.05) is 18.2 Å². The zero-order valence-electron chi connectivity index (χ0n) is 19.9. The van der Waals surface area contributed by atoms with E-state index in [9.17, 15) is 10.0 Å². The predicted octanol–water partition coefficient (Wildman–Crippen LogP) is -2.71. The van der Waals surface area contributed by atoms with Gasteiger partial charge < -0.3 is 50.2 Å². The first-order chi connectivity index (χ1) is 13.7. The Balaban J connectivity index is -0.0000000694. The average Bonchev–Trinajstić information content (AvgIpc) is 2.59. The van der Waals surface area contributed by atoms with Crippen molar-refractivity contribution in [2.24, 2.45) is 0 Å². The maximum Gasteiger partial charge on any atom is 2.00 e. The van der Waals surface area contributed by atoms with Crippen molar-refractivity contribution in [3.8, 4) is 0 Å². The smallest absolute Gasteiger partial charge is 0.759 e. The number of hydroxylamine groups is 1. The van der Waals surface area contributed by atoms with Gasteiger partial charge in [0.05, 0.1) is 0 Å². The molecule has 0 unspecified atom stereocenters. The molecule has 0 aliphatic rings. The topological polar surface area (TPSA) is 179 Å². The van der Waals surface area contributed by atoms with Crippen LogP contribution < -0.4 is 20.8 Å². The summed E-state index contributed by atoms with van der Waals surface area (Å²) in [7, 11) is 8.35. The molecule has 1 rings (SSSR count). The summed E-state index contributed by atoms with van der Waals surface area (Å²) < 4.78 is 0. The molecule has 0 radical (unpaired) electrons. The number of nitrogens with one attached hydrogen (secondary N) is 1. The van der Waals surface area contributed by atoms with Crippen LogP contribution in [-0.4, -0.2) is 74.9 Å². The standard InChI is InChI=1S/C7H6NO2.C6H16N2.3C2H4O2.2Zn/c9-7(8-10)6-4-2-1-3-5-6;1-7(2)5-6-8(3)4;3*1-2(3)4;;/h1-5H,(H-,8,9,10);5-6H2,1-4H3;3*1H3,(H,3,4);;/q-1;;;;;2*+2/p-3. The summed E-state index contributed by atoms with van der Waals surface area (Å²) in [6, 6.07) is 8.33. The van der Waals surface area contributed by atoms with Gasteiger partial charge in [0.2, 0.25) is 5.91 Å². The Hall–Kier alpha value is -1.77. The van der Waals surface area contributed by atoms with Gasteiger partial charge in [-0.3, -0.25) is 4.79 Å². The molecule has 1 aromatic carbocycles. The molecular formula is C19H31N3O8Zn2. The van der Waals surface area contributed by atoms with Crippen LogP contribution in [0.1, 0.15) is 31.1 Å². The van der Waals surface area contributed by atoms with Gasteiger partial charge >= 0.3 is 39.0 Å². The van der Waals surface area contributed by atoms with Crippen molar-refractivity contribution in [1.82, 2.24) is 15.3 Å². The first kappa shape index (κ1) is 44.0. The molecule has 1 amide bonds. The first-order valence-electron chi connectivity index (χ1n) is 8.46. The zero-order valence-corrected chi connectivity index (χ0v) is 25.8. The minimum absolute atomic E-state index is 0. The van der Waals surface area contributed by atoms with Crippen LogP contribution >= 0.6 is 0 Å². The van der Waals surface area contributed by atoms with Crippen LogP contribution in [0.3, 0.4) is 0 Å². The molecule has 0 heterocycles. The number of amides is 1. The van der Waals surface area contributed by atoms with Crippen molar-refractivity contribution < 1.29 is 73.5 Å². The van der Waals surface area contributed by atoms with Crippen molar-refractivity contribution >= 4 is 23.8 Å². The van der Waals surface area contributed by atoms with Gasteiger partial charge in [-0.25, -0.2) is 0 Å². The molecule has 174 valence electrons. The second-order valence-electron chi connectivity index (χ2n) is 5.88. The van der Waals surface area contributed by atoms with E-state index in [2.05, 4.69) is 38.0 Å². The van der Waals surface area contributed by atoms with E-state index in [0.29, 0.717) is 5.56 Å². The van der Waals surface area contributed by atoms with Crippen LogP contribution in [0.5, 0.6) is 0 Å².